The average molecular weight is 225 g/mol. The van der Waals surface area contributed by atoms with Gasteiger partial charge >= 0.3 is 0 Å². The minimum atomic E-state index is -0.148. The lowest BCUT2D eigenvalue weighted by Crippen LogP contribution is -2.27. The first-order valence-electron chi connectivity index (χ1n) is 5.61. The summed E-state index contributed by atoms with van der Waals surface area (Å²) >= 11 is 0. The van der Waals surface area contributed by atoms with Crippen molar-refractivity contribution in [3.05, 3.63) is 35.6 Å². The molecule has 0 radical (unpaired) electrons. The molecule has 2 atom stereocenters. The molecule has 0 heterocycles. The van der Waals surface area contributed by atoms with Crippen molar-refractivity contribution in [3.8, 4) is 0 Å². The molecular weight excluding hydrogens is 205 g/mol. The number of ether oxygens (including phenoxy) is 1. The van der Waals surface area contributed by atoms with Crippen molar-refractivity contribution in [1.82, 2.24) is 0 Å². The van der Waals surface area contributed by atoms with Gasteiger partial charge in [-0.1, -0.05) is 25.1 Å². The molecule has 0 saturated carbocycles. The summed E-state index contributed by atoms with van der Waals surface area (Å²) in [5, 5.41) is 0. The second-order valence-corrected chi connectivity index (χ2v) is 4.22. The van der Waals surface area contributed by atoms with E-state index in [2.05, 4.69) is 6.92 Å². The number of nitrogens with two attached hydrogens (primary N) is 1. The molecular formula is C13H20FNO. The van der Waals surface area contributed by atoms with E-state index in [-0.39, 0.29) is 11.7 Å². The van der Waals surface area contributed by atoms with E-state index in [1.807, 2.05) is 12.1 Å². The fourth-order valence-electron chi connectivity index (χ4n) is 1.86. The smallest absolute Gasteiger partial charge is 0.126 e. The van der Waals surface area contributed by atoms with Crippen molar-refractivity contribution in [2.45, 2.75) is 13.3 Å². The molecule has 2 N–H and O–H groups in total. The molecule has 0 aliphatic rings. The molecule has 0 saturated heterocycles. The number of rotatable bonds is 6. The normalized spacial score (nSPS) is 14.8. The van der Waals surface area contributed by atoms with Gasteiger partial charge in [-0.2, -0.15) is 0 Å². The minimum Gasteiger partial charge on any atom is -0.384 e. The number of halogens is 1. The Bertz CT molecular complexity index is 317. The largest absolute Gasteiger partial charge is 0.384 e. The topological polar surface area (TPSA) is 35.2 Å². The molecule has 0 aliphatic heterocycles. The highest BCUT2D eigenvalue weighted by molar-refractivity contribution is 5.18. The van der Waals surface area contributed by atoms with Crippen molar-refractivity contribution in [2.75, 3.05) is 20.3 Å². The average Bonchev–Trinajstić information content (AvgIpc) is 2.28. The Morgan fingerprint density at radius 1 is 1.38 bits per heavy atom. The lowest BCUT2D eigenvalue weighted by molar-refractivity contribution is 0.131. The molecule has 16 heavy (non-hydrogen) atoms. The molecule has 3 heteroatoms. The van der Waals surface area contributed by atoms with Crippen molar-refractivity contribution in [2.24, 2.45) is 17.6 Å². The highest BCUT2D eigenvalue weighted by atomic mass is 19.1. The van der Waals surface area contributed by atoms with Gasteiger partial charge in [-0.25, -0.2) is 4.39 Å². The predicted molar refractivity (Wildman–Crippen MR) is 63.7 cm³/mol. The summed E-state index contributed by atoms with van der Waals surface area (Å²) in [7, 11) is 1.67. The fraction of sp³-hybridized carbons (Fsp3) is 0.538. The molecule has 0 spiro atoms. The zero-order valence-electron chi connectivity index (χ0n) is 9.95. The lowest BCUT2D eigenvalue weighted by atomic mass is 9.88. The van der Waals surface area contributed by atoms with Gasteiger partial charge in [0.2, 0.25) is 0 Å². The van der Waals surface area contributed by atoms with Gasteiger partial charge in [0.15, 0.2) is 0 Å². The molecule has 2 unspecified atom stereocenters. The lowest BCUT2D eigenvalue weighted by Gasteiger charge is -2.22. The number of benzene rings is 1. The van der Waals surface area contributed by atoms with Crippen LogP contribution in [0.2, 0.25) is 0 Å². The van der Waals surface area contributed by atoms with E-state index < -0.39 is 0 Å². The summed E-state index contributed by atoms with van der Waals surface area (Å²) in [5.41, 5.74) is 6.46. The summed E-state index contributed by atoms with van der Waals surface area (Å²) in [6.07, 6.45) is 0.674. The van der Waals surface area contributed by atoms with E-state index in [1.54, 1.807) is 13.2 Å². The number of hydrogen-bond acceptors (Lipinski definition) is 2. The summed E-state index contributed by atoms with van der Waals surface area (Å²) in [5.74, 6) is 0.456. The second kappa shape index (κ2) is 6.61. The first kappa shape index (κ1) is 13.1. The van der Waals surface area contributed by atoms with Gasteiger partial charge in [-0.3, -0.25) is 0 Å². The zero-order valence-corrected chi connectivity index (χ0v) is 9.95. The van der Waals surface area contributed by atoms with Crippen molar-refractivity contribution < 1.29 is 9.13 Å². The SMILES string of the molecule is COCC(C)C(CN)Cc1ccccc1F. The summed E-state index contributed by atoms with van der Waals surface area (Å²) in [6, 6.07) is 6.86. The third kappa shape index (κ3) is 3.58. The molecule has 0 aromatic heterocycles. The maximum atomic E-state index is 13.5. The highest BCUT2D eigenvalue weighted by Gasteiger charge is 2.17. The molecule has 0 amide bonds. The van der Waals surface area contributed by atoms with Crippen molar-refractivity contribution >= 4 is 0 Å². The van der Waals surface area contributed by atoms with Crippen molar-refractivity contribution in [1.29, 1.82) is 0 Å². The Labute approximate surface area is 96.6 Å². The zero-order chi connectivity index (χ0) is 12.0. The van der Waals surface area contributed by atoms with Crippen LogP contribution in [0.25, 0.3) is 0 Å². The monoisotopic (exact) mass is 225 g/mol. The molecule has 1 aromatic rings. The van der Waals surface area contributed by atoms with Crippen LogP contribution in [0.3, 0.4) is 0 Å². The minimum absolute atomic E-state index is 0.148. The van der Waals surface area contributed by atoms with Crippen LogP contribution >= 0.6 is 0 Å². The third-order valence-corrected chi connectivity index (χ3v) is 2.98. The summed E-state index contributed by atoms with van der Waals surface area (Å²) in [6.45, 7) is 3.30. The van der Waals surface area contributed by atoms with Crippen LogP contribution in [0.15, 0.2) is 24.3 Å². The van der Waals surface area contributed by atoms with Gasteiger partial charge < -0.3 is 10.5 Å². The van der Waals surface area contributed by atoms with E-state index in [9.17, 15) is 4.39 Å². The van der Waals surface area contributed by atoms with E-state index in [1.165, 1.54) is 6.07 Å². The molecule has 0 bridgehead atoms. The van der Waals surface area contributed by atoms with E-state index in [0.717, 1.165) is 5.56 Å². The van der Waals surface area contributed by atoms with Gasteiger partial charge in [-0.15, -0.1) is 0 Å². The third-order valence-electron chi connectivity index (χ3n) is 2.98. The van der Waals surface area contributed by atoms with Gasteiger partial charge in [-0.05, 0) is 36.4 Å². The molecule has 1 rings (SSSR count). The summed E-state index contributed by atoms with van der Waals surface area (Å²) in [4.78, 5) is 0. The Morgan fingerprint density at radius 3 is 2.62 bits per heavy atom. The van der Waals surface area contributed by atoms with Crippen LogP contribution in [0, 0.1) is 17.7 Å². The molecule has 2 nitrogen and oxygen atoms in total. The maximum absolute atomic E-state index is 13.5. The molecule has 1 aromatic carbocycles. The standard InChI is InChI=1S/C13H20FNO/c1-10(9-16-2)12(8-15)7-11-5-3-4-6-13(11)14/h3-6,10,12H,7-9,15H2,1-2H3. The van der Waals surface area contributed by atoms with Crippen LogP contribution in [0.5, 0.6) is 0 Å². The predicted octanol–water partition coefficient (Wildman–Crippen LogP) is 2.23. The molecule has 0 aliphatic carbocycles. The number of hydrogen-bond donors (Lipinski definition) is 1. The van der Waals surface area contributed by atoms with E-state index in [4.69, 9.17) is 10.5 Å². The van der Waals surface area contributed by atoms with E-state index >= 15 is 0 Å². The highest BCUT2D eigenvalue weighted by Crippen LogP contribution is 2.18. The van der Waals surface area contributed by atoms with Crippen LogP contribution in [0.4, 0.5) is 4.39 Å². The van der Waals surface area contributed by atoms with Gasteiger partial charge in [0, 0.05) is 13.7 Å². The van der Waals surface area contributed by atoms with Gasteiger partial charge in [0.1, 0.15) is 5.82 Å². The first-order valence-corrected chi connectivity index (χ1v) is 5.61. The van der Waals surface area contributed by atoms with Crippen LogP contribution in [0.1, 0.15) is 12.5 Å². The second-order valence-electron chi connectivity index (χ2n) is 4.22. The van der Waals surface area contributed by atoms with Crippen LogP contribution in [-0.2, 0) is 11.2 Å². The quantitative estimate of drug-likeness (QED) is 0.805. The first-order chi connectivity index (χ1) is 7.69. The summed E-state index contributed by atoms with van der Waals surface area (Å²) < 4.78 is 18.6. The Hall–Kier alpha value is -0.930. The Morgan fingerprint density at radius 2 is 2.06 bits per heavy atom. The van der Waals surface area contributed by atoms with Gasteiger partial charge in [0.05, 0.1) is 0 Å². The van der Waals surface area contributed by atoms with Crippen molar-refractivity contribution in [3.63, 3.8) is 0 Å². The Kier molecular flexibility index (Phi) is 5.43. The Balaban J connectivity index is 2.66. The maximum Gasteiger partial charge on any atom is 0.126 e. The fourth-order valence-corrected chi connectivity index (χ4v) is 1.86. The van der Waals surface area contributed by atoms with Crippen LogP contribution in [-0.4, -0.2) is 20.3 Å². The van der Waals surface area contributed by atoms with Crippen LogP contribution < -0.4 is 5.73 Å². The van der Waals surface area contributed by atoms with E-state index in [0.29, 0.717) is 25.5 Å². The van der Waals surface area contributed by atoms with Gasteiger partial charge in [0.25, 0.3) is 0 Å². The number of methoxy groups -OCH3 is 1. The molecule has 0 fully saturated rings. The molecule has 90 valence electrons.